The highest BCUT2D eigenvalue weighted by atomic mass is 32.2. The van der Waals surface area contributed by atoms with E-state index in [1.807, 2.05) is 19.9 Å². The molecule has 2 aromatic rings. The number of piperazine rings is 1. The summed E-state index contributed by atoms with van der Waals surface area (Å²) in [5, 5.41) is 3.89. The molecule has 1 aliphatic heterocycles. The van der Waals surface area contributed by atoms with E-state index in [0.29, 0.717) is 56.6 Å². The van der Waals surface area contributed by atoms with Gasteiger partial charge in [-0.25, -0.2) is 8.42 Å². The molecule has 1 aromatic heterocycles. The average Bonchev–Trinajstić information content (AvgIpc) is 3.08. The summed E-state index contributed by atoms with van der Waals surface area (Å²) in [6.45, 7) is 7.47. The minimum atomic E-state index is -3.53. The first-order valence-electron chi connectivity index (χ1n) is 9.27. The van der Waals surface area contributed by atoms with Gasteiger partial charge in [0.1, 0.15) is 12.4 Å². The summed E-state index contributed by atoms with van der Waals surface area (Å²) in [5.41, 5.74) is 1.64. The lowest BCUT2D eigenvalue weighted by atomic mass is 10.2. The molecule has 28 heavy (non-hydrogen) atoms. The molecular formula is C19H27N3O5S. The van der Waals surface area contributed by atoms with E-state index < -0.39 is 10.0 Å². The van der Waals surface area contributed by atoms with Gasteiger partial charge in [0.25, 0.3) is 0 Å². The van der Waals surface area contributed by atoms with Crippen molar-refractivity contribution in [2.24, 2.45) is 0 Å². The SMILES string of the molecule is COCCOc1ccc(S(=O)(=O)N2CCN(Cc3cc(C)no3)CC2)cc1C. The monoisotopic (exact) mass is 409 g/mol. The number of aryl methyl sites for hydroxylation is 2. The van der Waals surface area contributed by atoms with Crippen molar-refractivity contribution in [2.75, 3.05) is 46.5 Å². The van der Waals surface area contributed by atoms with Crippen LogP contribution in [-0.4, -0.2) is 69.3 Å². The number of sulfonamides is 1. The molecule has 0 saturated carbocycles. The Hall–Kier alpha value is -1.94. The Balaban J connectivity index is 1.61. The van der Waals surface area contributed by atoms with Crippen LogP contribution in [-0.2, 0) is 21.3 Å². The van der Waals surface area contributed by atoms with Crippen molar-refractivity contribution < 1.29 is 22.4 Å². The second-order valence-electron chi connectivity index (χ2n) is 6.88. The van der Waals surface area contributed by atoms with Crippen LogP contribution in [0.1, 0.15) is 17.0 Å². The summed E-state index contributed by atoms with van der Waals surface area (Å²) < 4.78 is 43.4. The minimum Gasteiger partial charge on any atom is -0.491 e. The molecule has 0 spiro atoms. The molecule has 9 heteroatoms. The fraction of sp³-hybridized carbons (Fsp3) is 0.526. The predicted molar refractivity (Wildman–Crippen MR) is 104 cm³/mol. The summed E-state index contributed by atoms with van der Waals surface area (Å²) >= 11 is 0. The molecule has 1 saturated heterocycles. The number of benzene rings is 1. The van der Waals surface area contributed by atoms with E-state index in [1.54, 1.807) is 25.3 Å². The van der Waals surface area contributed by atoms with Crippen LogP contribution in [0.2, 0.25) is 0 Å². The zero-order valence-electron chi connectivity index (χ0n) is 16.6. The summed E-state index contributed by atoms with van der Waals surface area (Å²) in [4.78, 5) is 2.47. The number of nitrogens with zero attached hydrogens (tertiary/aromatic N) is 3. The number of methoxy groups -OCH3 is 1. The van der Waals surface area contributed by atoms with Crippen molar-refractivity contribution >= 4 is 10.0 Å². The van der Waals surface area contributed by atoms with E-state index in [2.05, 4.69) is 10.1 Å². The second-order valence-corrected chi connectivity index (χ2v) is 8.82. The molecule has 0 N–H and O–H groups in total. The van der Waals surface area contributed by atoms with Crippen LogP contribution in [0.3, 0.4) is 0 Å². The average molecular weight is 410 g/mol. The topological polar surface area (TPSA) is 85.1 Å². The van der Waals surface area contributed by atoms with Crippen molar-refractivity contribution in [1.82, 2.24) is 14.4 Å². The van der Waals surface area contributed by atoms with E-state index in [0.717, 1.165) is 17.0 Å². The first-order valence-corrected chi connectivity index (χ1v) is 10.7. The number of rotatable bonds is 8. The van der Waals surface area contributed by atoms with Crippen LogP contribution in [0, 0.1) is 13.8 Å². The molecule has 1 aliphatic rings. The van der Waals surface area contributed by atoms with Gasteiger partial charge in [-0.1, -0.05) is 5.16 Å². The van der Waals surface area contributed by atoms with Gasteiger partial charge >= 0.3 is 0 Å². The normalized spacial score (nSPS) is 16.4. The Labute approximate surface area is 166 Å². The maximum Gasteiger partial charge on any atom is 0.243 e. The second kappa shape index (κ2) is 9.04. The zero-order chi connectivity index (χ0) is 20.1. The highest BCUT2D eigenvalue weighted by Crippen LogP contribution is 2.25. The Morgan fingerprint density at radius 1 is 1.11 bits per heavy atom. The van der Waals surface area contributed by atoms with E-state index in [9.17, 15) is 8.42 Å². The molecule has 0 bridgehead atoms. The summed E-state index contributed by atoms with van der Waals surface area (Å²) in [5.74, 6) is 1.47. The predicted octanol–water partition coefficient (Wildman–Crippen LogP) is 1.82. The molecule has 0 unspecified atom stereocenters. The molecule has 1 aromatic carbocycles. The number of hydrogen-bond donors (Lipinski definition) is 0. The fourth-order valence-corrected chi connectivity index (χ4v) is 4.68. The molecule has 0 amide bonds. The van der Waals surface area contributed by atoms with Crippen molar-refractivity contribution in [3.63, 3.8) is 0 Å². The van der Waals surface area contributed by atoms with Crippen LogP contribution in [0.5, 0.6) is 5.75 Å². The lowest BCUT2D eigenvalue weighted by molar-refractivity contribution is 0.146. The van der Waals surface area contributed by atoms with Gasteiger partial charge < -0.3 is 14.0 Å². The molecule has 0 atom stereocenters. The Kier molecular flexibility index (Phi) is 6.71. The smallest absolute Gasteiger partial charge is 0.243 e. The lowest BCUT2D eigenvalue weighted by Gasteiger charge is -2.33. The molecule has 8 nitrogen and oxygen atoms in total. The fourth-order valence-electron chi connectivity index (χ4n) is 3.17. The maximum atomic E-state index is 13.0. The molecule has 1 fully saturated rings. The maximum absolute atomic E-state index is 13.0. The van der Waals surface area contributed by atoms with Gasteiger partial charge in [0.2, 0.25) is 10.0 Å². The minimum absolute atomic E-state index is 0.295. The van der Waals surface area contributed by atoms with Crippen LogP contribution < -0.4 is 4.74 Å². The number of hydrogen-bond acceptors (Lipinski definition) is 7. The third-order valence-corrected chi connectivity index (χ3v) is 6.61. The van der Waals surface area contributed by atoms with Crippen LogP contribution >= 0.6 is 0 Å². The van der Waals surface area contributed by atoms with Gasteiger partial charge in [-0.15, -0.1) is 0 Å². The summed E-state index contributed by atoms with van der Waals surface area (Å²) in [6.07, 6.45) is 0. The van der Waals surface area contributed by atoms with Gasteiger partial charge in [0.05, 0.1) is 23.7 Å². The van der Waals surface area contributed by atoms with Crippen LogP contribution in [0.4, 0.5) is 0 Å². The third kappa shape index (κ3) is 4.91. The largest absolute Gasteiger partial charge is 0.491 e. The van der Waals surface area contributed by atoms with Gasteiger partial charge in [0, 0.05) is 39.4 Å². The Bertz CT molecular complexity index is 889. The van der Waals surface area contributed by atoms with Gasteiger partial charge in [-0.05, 0) is 37.6 Å². The first-order chi connectivity index (χ1) is 13.4. The van der Waals surface area contributed by atoms with Crippen molar-refractivity contribution in [1.29, 1.82) is 0 Å². The van der Waals surface area contributed by atoms with E-state index in [4.69, 9.17) is 14.0 Å². The van der Waals surface area contributed by atoms with E-state index in [-0.39, 0.29) is 0 Å². The quantitative estimate of drug-likeness (QED) is 0.615. The zero-order valence-corrected chi connectivity index (χ0v) is 17.4. The van der Waals surface area contributed by atoms with Crippen molar-refractivity contribution in [3.8, 4) is 5.75 Å². The molecule has 2 heterocycles. The standard InChI is InChI=1S/C19H27N3O5S/c1-15-12-18(4-5-19(15)26-11-10-25-3)28(23,24)22-8-6-21(7-9-22)14-17-13-16(2)20-27-17/h4-5,12-13H,6-11,14H2,1-3H3. The van der Waals surface area contributed by atoms with E-state index >= 15 is 0 Å². The summed E-state index contributed by atoms with van der Waals surface area (Å²) in [7, 11) is -1.92. The number of aromatic nitrogens is 1. The highest BCUT2D eigenvalue weighted by Gasteiger charge is 2.29. The van der Waals surface area contributed by atoms with Gasteiger partial charge in [0.15, 0.2) is 5.76 Å². The van der Waals surface area contributed by atoms with E-state index in [1.165, 1.54) is 4.31 Å². The highest BCUT2D eigenvalue weighted by molar-refractivity contribution is 7.89. The molecule has 154 valence electrons. The van der Waals surface area contributed by atoms with Crippen molar-refractivity contribution in [2.45, 2.75) is 25.3 Å². The molecule has 0 radical (unpaired) electrons. The molecule has 0 aliphatic carbocycles. The van der Waals surface area contributed by atoms with Gasteiger partial charge in [-0.2, -0.15) is 4.31 Å². The molecule has 3 rings (SSSR count). The third-order valence-electron chi connectivity index (χ3n) is 4.72. The first kappa shape index (κ1) is 20.8. The number of ether oxygens (including phenoxy) is 2. The van der Waals surface area contributed by atoms with Crippen LogP contribution in [0.25, 0.3) is 0 Å². The van der Waals surface area contributed by atoms with Crippen LogP contribution in [0.15, 0.2) is 33.7 Å². The van der Waals surface area contributed by atoms with Gasteiger partial charge in [-0.3, -0.25) is 4.90 Å². The molecular weight excluding hydrogens is 382 g/mol. The Morgan fingerprint density at radius 2 is 1.86 bits per heavy atom. The summed E-state index contributed by atoms with van der Waals surface area (Å²) in [6, 6.07) is 6.89. The Morgan fingerprint density at radius 3 is 2.46 bits per heavy atom. The lowest BCUT2D eigenvalue weighted by Crippen LogP contribution is -2.48. The van der Waals surface area contributed by atoms with Crippen molar-refractivity contribution in [3.05, 3.63) is 41.3 Å².